The Morgan fingerprint density at radius 1 is 1.00 bits per heavy atom. The summed E-state index contributed by atoms with van der Waals surface area (Å²) in [6.45, 7) is 5.69. The summed E-state index contributed by atoms with van der Waals surface area (Å²) in [5.41, 5.74) is 7.47. The lowest BCUT2D eigenvalue weighted by Gasteiger charge is -2.12. The molecule has 0 bridgehead atoms. The van der Waals surface area contributed by atoms with E-state index in [1.807, 2.05) is 69.3 Å². The van der Waals surface area contributed by atoms with Gasteiger partial charge in [0.1, 0.15) is 5.75 Å². The van der Waals surface area contributed by atoms with Crippen molar-refractivity contribution < 1.29 is 15.3 Å². The molecule has 0 saturated carbocycles. The van der Waals surface area contributed by atoms with Crippen LogP contribution in [0.15, 0.2) is 59.8 Å². The number of hydrogen-bond acceptors (Lipinski definition) is 3. The molecule has 2 atom stereocenters. The fraction of sp³-hybridized carbons (Fsp3) is 0.348. The Bertz CT molecular complexity index is 763. The van der Waals surface area contributed by atoms with Gasteiger partial charge < -0.3 is 15.3 Å². The van der Waals surface area contributed by atoms with E-state index in [-0.39, 0.29) is 5.75 Å². The first-order valence-electron chi connectivity index (χ1n) is 9.06. The first kappa shape index (κ1) is 20.0. The largest absolute Gasteiger partial charge is 0.507 e. The Balaban J connectivity index is 2.05. The van der Waals surface area contributed by atoms with Crippen LogP contribution in [0.3, 0.4) is 0 Å². The highest BCUT2D eigenvalue weighted by Gasteiger charge is 2.11. The minimum Gasteiger partial charge on any atom is -0.507 e. The molecule has 3 heteroatoms. The number of aryl methyl sites for hydroxylation is 2. The fourth-order valence-electron chi connectivity index (χ4n) is 2.96. The molecule has 0 unspecified atom stereocenters. The molecule has 0 aliphatic rings. The van der Waals surface area contributed by atoms with Gasteiger partial charge in [0, 0.05) is 12.8 Å². The lowest BCUT2D eigenvalue weighted by Crippen LogP contribution is -1.99. The molecule has 0 aromatic heterocycles. The van der Waals surface area contributed by atoms with E-state index in [2.05, 4.69) is 5.73 Å². The van der Waals surface area contributed by atoms with Gasteiger partial charge in [-0.15, -0.1) is 5.73 Å². The Hall–Kier alpha value is -2.32. The van der Waals surface area contributed by atoms with Crippen molar-refractivity contribution in [1.82, 2.24) is 0 Å². The third-order valence-electron chi connectivity index (χ3n) is 4.60. The van der Waals surface area contributed by atoms with E-state index < -0.39 is 12.2 Å². The molecule has 138 valence electrons. The van der Waals surface area contributed by atoms with Gasteiger partial charge in [-0.1, -0.05) is 37.3 Å². The summed E-state index contributed by atoms with van der Waals surface area (Å²) in [6.07, 6.45) is 2.42. The maximum Gasteiger partial charge on any atom is 0.121 e. The third kappa shape index (κ3) is 5.34. The van der Waals surface area contributed by atoms with E-state index >= 15 is 0 Å². The van der Waals surface area contributed by atoms with Crippen molar-refractivity contribution in [1.29, 1.82) is 0 Å². The first-order chi connectivity index (χ1) is 12.4. The summed E-state index contributed by atoms with van der Waals surface area (Å²) < 4.78 is 0. The quantitative estimate of drug-likeness (QED) is 0.611. The van der Waals surface area contributed by atoms with Crippen LogP contribution in [0.2, 0.25) is 0 Å². The molecule has 0 heterocycles. The van der Waals surface area contributed by atoms with Crippen molar-refractivity contribution in [3.63, 3.8) is 0 Å². The minimum absolute atomic E-state index is 0.277. The second-order valence-electron chi connectivity index (χ2n) is 6.69. The minimum atomic E-state index is -0.641. The monoisotopic (exact) mass is 352 g/mol. The lowest BCUT2D eigenvalue weighted by atomic mass is 9.99. The van der Waals surface area contributed by atoms with Crippen molar-refractivity contribution in [3.8, 4) is 5.75 Å². The summed E-state index contributed by atoms with van der Waals surface area (Å²) in [5.74, 6) is 0.277. The van der Waals surface area contributed by atoms with Crippen LogP contribution in [0.1, 0.15) is 60.6 Å². The van der Waals surface area contributed by atoms with Crippen molar-refractivity contribution in [2.75, 3.05) is 0 Å². The van der Waals surface area contributed by atoms with Gasteiger partial charge in [-0.3, -0.25) is 0 Å². The normalized spacial score (nSPS) is 13.0. The van der Waals surface area contributed by atoms with E-state index in [0.29, 0.717) is 12.8 Å². The summed E-state index contributed by atoms with van der Waals surface area (Å²) in [5, 5.41) is 30.6. The molecule has 0 amide bonds. The van der Waals surface area contributed by atoms with Gasteiger partial charge in [0.25, 0.3) is 0 Å². The Morgan fingerprint density at radius 3 is 2.19 bits per heavy atom. The van der Waals surface area contributed by atoms with Crippen molar-refractivity contribution in [3.05, 3.63) is 82.1 Å². The van der Waals surface area contributed by atoms with E-state index in [1.165, 1.54) is 0 Å². The van der Waals surface area contributed by atoms with Gasteiger partial charge >= 0.3 is 0 Å². The van der Waals surface area contributed by atoms with E-state index in [0.717, 1.165) is 34.2 Å². The zero-order valence-electron chi connectivity index (χ0n) is 15.7. The first-order valence-corrected chi connectivity index (χ1v) is 9.06. The topological polar surface area (TPSA) is 60.7 Å². The van der Waals surface area contributed by atoms with E-state index in [1.54, 1.807) is 0 Å². The van der Waals surface area contributed by atoms with Crippen LogP contribution in [0, 0.1) is 13.8 Å². The molecule has 0 saturated heterocycles. The van der Waals surface area contributed by atoms with Gasteiger partial charge in [-0.25, -0.2) is 0 Å². The summed E-state index contributed by atoms with van der Waals surface area (Å²) in [6, 6.07) is 13.2. The van der Waals surface area contributed by atoms with Gasteiger partial charge in [0.15, 0.2) is 0 Å². The molecular formula is C23H28O3. The Kier molecular flexibility index (Phi) is 7.23. The van der Waals surface area contributed by atoms with E-state index in [4.69, 9.17) is 0 Å². The molecule has 3 N–H and O–H groups in total. The molecule has 0 fully saturated rings. The van der Waals surface area contributed by atoms with Crippen molar-refractivity contribution in [2.45, 2.75) is 52.2 Å². The van der Waals surface area contributed by atoms with Crippen LogP contribution in [-0.4, -0.2) is 15.3 Å². The second kappa shape index (κ2) is 9.40. The number of aliphatic hydroxyl groups excluding tert-OH is 2. The fourth-order valence-corrected chi connectivity index (χ4v) is 2.96. The lowest BCUT2D eigenvalue weighted by molar-refractivity contribution is 0.177. The third-order valence-corrected chi connectivity index (χ3v) is 4.60. The molecule has 26 heavy (non-hydrogen) atoms. The zero-order valence-corrected chi connectivity index (χ0v) is 15.7. The number of benzene rings is 2. The van der Waals surface area contributed by atoms with Crippen LogP contribution in [-0.2, 0) is 0 Å². The average molecular weight is 352 g/mol. The van der Waals surface area contributed by atoms with Gasteiger partial charge in [-0.2, -0.15) is 0 Å². The SMILES string of the molecule is CCC(=C=CC[C@@H](O)c1cc(C)c(O)c(C)c1)C[C@@H](O)c1ccccc1. The smallest absolute Gasteiger partial charge is 0.121 e. The maximum absolute atomic E-state index is 10.4. The highest BCUT2D eigenvalue weighted by Crippen LogP contribution is 2.28. The van der Waals surface area contributed by atoms with Crippen LogP contribution < -0.4 is 0 Å². The van der Waals surface area contributed by atoms with Crippen LogP contribution in [0.5, 0.6) is 5.75 Å². The number of phenolic OH excluding ortho intramolecular Hbond substituents is 1. The molecular weight excluding hydrogens is 324 g/mol. The molecule has 2 aromatic rings. The van der Waals surface area contributed by atoms with E-state index in [9.17, 15) is 15.3 Å². The van der Waals surface area contributed by atoms with Crippen LogP contribution in [0.4, 0.5) is 0 Å². The molecule has 0 spiro atoms. The standard InChI is InChI=1S/C23H28O3/c1-4-18(15-22(25)19-10-6-5-7-11-19)9-8-12-21(24)20-13-16(2)23(26)17(3)14-20/h5-8,10-11,13-14,21-22,24-26H,4,12,15H2,1-3H3/t9?,21-,22-/m1/s1. The number of hydrogen-bond donors (Lipinski definition) is 3. The molecule has 0 aliphatic heterocycles. The maximum atomic E-state index is 10.4. The van der Waals surface area contributed by atoms with Crippen LogP contribution >= 0.6 is 0 Å². The zero-order chi connectivity index (χ0) is 19.1. The molecule has 0 radical (unpaired) electrons. The summed E-state index contributed by atoms with van der Waals surface area (Å²) in [7, 11) is 0. The van der Waals surface area contributed by atoms with Gasteiger partial charge in [0.05, 0.1) is 12.2 Å². The second-order valence-corrected chi connectivity index (χ2v) is 6.69. The van der Waals surface area contributed by atoms with Gasteiger partial charge in [0.2, 0.25) is 0 Å². The predicted molar refractivity (Wildman–Crippen MR) is 105 cm³/mol. The highest BCUT2D eigenvalue weighted by atomic mass is 16.3. The summed E-state index contributed by atoms with van der Waals surface area (Å²) >= 11 is 0. The predicted octanol–water partition coefficient (Wildman–Crippen LogP) is 5.05. The number of phenols is 1. The van der Waals surface area contributed by atoms with Crippen molar-refractivity contribution in [2.24, 2.45) is 0 Å². The van der Waals surface area contributed by atoms with Crippen LogP contribution in [0.25, 0.3) is 0 Å². The summed E-state index contributed by atoms with van der Waals surface area (Å²) in [4.78, 5) is 0. The molecule has 3 nitrogen and oxygen atoms in total. The number of rotatable bonds is 7. The van der Waals surface area contributed by atoms with Crippen molar-refractivity contribution >= 4 is 0 Å². The van der Waals surface area contributed by atoms with Gasteiger partial charge in [-0.05, 0) is 66.3 Å². The Morgan fingerprint density at radius 2 is 1.62 bits per heavy atom. The average Bonchev–Trinajstić information content (AvgIpc) is 2.65. The molecule has 2 rings (SSSR count). The number of aromatic hydroxyl groups is 1. The number of aliphatic hydroxyl groups is 2. The Labute approximate surface area is 156 Å². The molecule has 2 aromatic carbocycles. The highest BCUT2D eigenvalue weighted by molar-refractivity contribution is 5.42. The molecule has 0 aliphatic carbocycles.